The van der Waals surface area contributed by atoms with Crippen LogP contribution in [0.2, 0.25) is 0 Å². The van der Waals surface area contributed by atoms with E-state index in [1.807, 2.05) is 0 Å². The Labute approximate surface area is 124 Å². The second kappa shape index (κ2) is 6.42. The summed E-state index contributed by atoms with van der Waals surface area (Å²) in [5.41, 5.74) is 1.37. The Balaban J connectivity index is 1.55. The van der Waals surface area contributed by atoms with Gasteiger partial charge in [0.15, 0.2) is 0 Å². The van der Waals surface area contributed by atoms with Gasteiger partial charge in [-0.3, -0.25) is 4.90 Å². The lowest BCUT2D eigenvalue weighted by molar-refractivity contribution is 0.152. The van der Waals surface area contributed by atoms with Crippen molar-refractivity contribution in [3.63, 3.8) is 0 Å². The standard InChI is InChI=1S/C15H21NOS2/c1-16(13-10-18-6-7-19-11-13)9-14-8-12-4-2-3-5-15(12)17-14/h2-5,13-14H,6-11H2,1H3. The van der Waals surface area contributed by atoms with Gasteiger partial charge in [0, 0.05) is 42.0 Å². The summed E-state index contributed by atoms with van der Waals surface area (Å²) in [6.45, 7) is 1.04. The van der Waals surface area contributed by atoms with Crippen LogP contribution in [0.3, 0.4) is 0 Å². The third-order valence-corrected chi connectivity index (χ3v) is 6.31. The van der Waals surface area contributed by atoms with Crippen LogP contribution in [0, 0.1) is 0 Å². The van der Waals surface area contributed by atoms with Gasteiger partial charge in [-0.05, 0) is 18.7 Å². The van der Waals surface area contributed by atoms with Crippen LogP contribution >= 0.6 is 23.5 Å². The number of rotatable bonds is 3. The highest BCUT2D eigenvalue weighted by Crippen LogP contribution is 2.29. The minimum Gasteiger partial charge on any atom is -0.488 e. The van der Waals surface area contributed by atoms with E-state index in [9.17, 15) is 0 Å². The van der Waals surface area contributed by atoms with E-state index in [0.717, 1.165) is 18.7 Å². The summed E-state index contributed by atoms with van der Waals surface area (Å²) in [4.78, 5) is 2.50. The minimum absolute atomic E-state index is 0.334. The predicted molar refractivity (Wildman–Crippen MR) is 85.6 cm³/mol. The molecule has 2 nitrogen and oxygen atoms in total. The predicted octanol–water partition coefficient (Wildman–Crippen LogP) is 2.77. The van der Waals surface area contributed by atoms with Crippen molar-refractivity contribution < 1.29 is 4.74 Å². The molecule has 4 heteroatoms. The maximum absolute atomic E-state index is 6.04. The molecule has 1 fully saturated rings. The van der Waals surface area contributed by atoms with E-state index in [2.05, 4.69) is 59.7 Å². The normalized spacial score (nSPS) is 24.0. The highest BCUT2D eigenvalue weighted by atomic mass is 32.2. The minimum atomic E-state index is 0.334. The third kappa shape index (κ3) is 3.41. The smallest absolute Gasteiger partial charge is 0.123 e. The Morgan fingerprint density at radius 1 is 1.21 bits per heavy atom. The fourth-order valence-electron chi connectivity index (χ4n) is 2.69. The highest BCUT2D eigenvalue weighted by molar-refractivity contribution is 8.03. The molecule has 1 atom stereocenters. The molecule has 1 aromatic carbocycles. The van der Waals surface area contributed by atoms with Gasteiger partial charge >= 0.3 is 0 Å². The van der Waals surface area contributed by atoms with Gasteiger partial charge in [-0.2, -0.15) is 23.5 Å². The molecule has 0 amide bonds. The Kier molecular flexibility index (Phi) is 4.61. The SMILES string of the molecule is CN(CC1Cc2ccccc2O1)C1CSCCSC1. The van der Waals surface area contributed by atoms with Gasteiger partial charge in [-0.25, -0.2) is 0 Å². The van der Waals surface area contributed by atoms with Crippen molar-refractivity contribution >= 4 is 23.5 Å². The molecule has 0 bridgehead atoms. The second-order valence-corrected chi connectivity index (χ2v) is 7.59. The van der Waals surface area contributed by atoms with Crippen LogP contribution in [0.15, 0.2) is 24.3 Å². The number of thioether (sulfide) groups is 2. The van der Waals surface area contributed by atoms with Crippen molar-refractivity contribution in [2.24, 2.45) is 0 Å². The van der Waals surface area contributed by atoms with Crippen LogP contribution in [-0.4, -0.2) is 53.6 Å². The summed E-state index contributed by atoms with van der Waals surface area (Å²) >= 11 is 4.19. The summed E-state index contributed by atoms with van der Waals surface area (Å²) in [5, 5.41) is 0. The van der Waals surface area contributed by atoms with Crippen LogP contribution in [0.25, 0.3) is 0 Å². The van der Waals surface area contributed by atoms with Crippen molar-refractivity contribution in [3.05, 3.63) is 29.8 Å². The number of likely N-dealkylation sites (N-methyl/N-ethyl adjacent to an activating group) is 1. The van der Waals surface area contributed by atoms with Crippen LogP contribution in [-0.2, 0) is 6.42 Å². The average Bonchev–Trinajstić information content (AvgIpc) is 2.63. The second-order valence-electron chi connectivity index (χ2n) is 5.29. The lowest BCUT2D eigenvalue weighted by Crippen LogP contribution is -2.41. The molecular weight excluding hydrogens is 274 g/mol. The van der Waals surface area contributed by atoms with Crippen LogP contribution in [0.4, 0.5) is 0 Å². The first-order valence-electron chi connectivity index (χ1n) is 6.93. The monoisotopic (exact) mass is 295 g/mol. The Hall–Kier alpha value is -0.320. The zero-order valence-corrected chi connectivity index (χ0v) is 13.0. The van der Waals surface area contributed by atoms with Crippen molar-refractivity contribution in [3.8, 4) is 5.75 Å². The summed E-state index contributed by atoms with van der Waals surface area (Å²) in [6.07, 6.45) is 1.40. The molecule has 0 radical (unpaired) electrons. The van der Waals surface area contributed by atoms with Crippen molar-refractivity contribution in [2.45, 2.75) is 18.6 Å². The number of fused-ring (bicyclic) bond motifs is 1. The van der Waals surface area contributed by atoms with E-state index in [0.29, 0.717) is 12.1 Å². The fourth-order valence-corrected chi connectivity index (χ4v) is 5.40. The fraction of sp³-hybridized carbons (Fsp3) is 0.600. The largest absolute Gasteiger partial charge is 0.488 e. The molecule has 0 saturated carbocycles. The molecule has 104 valence electrons. The lowest BCUT2D eigenvalue weighted by Gasteiger charge is -2.28. The van der Waals surface area contributed by atoms with Gasteiger partial charge in [-0.15, -0.1) is 0 Å². The molecule has 0 aliphatic carbocycles. The molecule has 0 aromatic heterocycles. The maximum Gasteiger partial charge on any atom is 0.123 e. The van der Waals surface area contributed by atoms with Gasteiger partial charge in [0.05, 0.1) is 0 Å². The zero-order valence-electron chi connectivity index (χ0n) is 11.4. The molecule has 0 N–H and O–H groups in total. The van der Waals surface area contributed by atoms with Crippen LogP contribution < -0.4 is 4.74 Å². The Morgan fingerprint density at radius 3 is 2.68 bits per heavy atom. The van der Waals surface area contributed by atoms with Gasteiger partial charge in [0.25, 0.3) is 0 Å². The average molecular weight is 295 g/mol. The van der Waals surface area contributed by atoms with Gasteiger partial charge in [0.1, 0.15) is 11.9 Å². The van der Waals surface area contributed by atoms with Crippen LogP contribution in [0.1, 0.15) is 5.56 Å². The first-order valence-corrected chi connectivity index (χ1v) is 9.24. The zero-order chi connectivity index (χ0) is 13.1. The maximum atomic E-state index is 6.04. The first kappa shape index (κ1) is 13.7. The molecule has 2 aliphatic heterocycles. The van der Waals surface area contributed by atoms with Crippen molar-refractivity contribution in [1.29, 1.82) is 0 Å². The highest BCUT2D eigenvalue weighted by Gasteiger charge is 2.26. The van der Waals surface area contributed by atoms with E-state index < -0.39 is 0 Å². The van der Waals surface area contributed by atoms with Crippen molar-refractivity contribution in [1.82, 2.24) is 4.90 Å². The van der Waals surface area contributed by atoms with Gasteiger partial charge in [0.2, 0.25) is 0 Å². The topological polar surface area (TPSA) is 12.5 Å². The number of nitrogens with zero attached hydrogens (tertiary/aromatic N) is 1. The third-order valence-electron chi connectivity index (χ3n) is 3.82. The molecule has 0 spiro atoms. The van der Waals surface area contributed by atoms with Gasteiger partial charge < -0.3 is 4.74 Å². The molecule has 2 heterocycles. The van der Waals surface area contributed by atoms with E-state index in [1.165, 1.54) is 28.6 Å². The van der Waals surface area contributed by atoms with Crippen LogP contribution in [0.5, 0.6) is 5.75 Å². The number of benzene rings is 1. The number of para-hydroxylation sites is 1. The summed E-state index contributed by atoms with van der Waals surface area (Å²) < 4.78 is 6.04. The molecule has 3 rings (SSSR count). The van der Waals surface area contributed by atoms with Gasteiger partial charge in [-0.1, -0.05) is 18.2 Å². The summed E-state index contributed by atoms with van der Waals surface area (Å²) in [6, 6.07) is 9.14. The van der Waals surface area contributed by atoms with Crippen molar-refractivity contribution in [2.75, 3.05) is 36.6 Å². The summed E-state index contributed by atoms with van der Waals surface area (Å²) in [5.74, 6) is 6.23. The number of hydrogen-bond acceptors (Lipinski definition) is 4. The molecule has 19 heavy (non-hydrogen) atoms. The van der Waals surface area contributed by atoms with E-state index >= 15 is 0 Å². The quantitative estimate of drug-likeness (QED) is 0.850. The van der Waals surface area contributed by atoms with E-state index in [-0.39, 0.29) is 0 Å². The van der Waals surface area contributed by atoms with E-state index in [1.54, 1.807) is 0 Å². The number of hydrogen-bond donors (Lipinski definition) is 0. The molecule has 1 unspecified atom stereocenters. The Bertz CT molecular complexity index is 393. The lowest BCUT2D eigenvalue weighted by atomic mass is 10.1. The Morgan fingerprint density at radius 2 is 1.95 bits per heavy atom. The summed E-state index contributed by atoms with van der Waals surface area (Å²) in [7, 11) is 2.25. The molecule has 2 aliphatic rings. The molecular formula is C15H21NOS2. The number of ether oxygens (including phenoxy) is 1. The molecule has 1 aromatic rings. The molecule has 1 saturated heterocycles. The first-order chi connectivity index (χ1) is 9.33. The van der Waals surface area contributed by atoms with E-state index in [4.69, 9.17) is 4.74 Å².